The highest BCUT2D eigenvalue weighted by atomic mass is 16.4. The first-order chi connectivity index (χ1) is 7.22. The summed E-state index contributed by atoms with van der Waals surface area (Å²) in [6.07, 6.45) is 0.537. The second-order valence-corrected chi connectivity index (χ2v) is 3.44. The van der Waals surface area contributed by atoms with Crippen molar-refractivity contribution in [2.45, 2.75) is 19.3 Å². The molecule has 78 valence electrons. The maximum Gasteiger partial charge on any atom is 0.314 e. The summed E-state index contributed by atoms with van der Waals surface area (Å²) < 4.78 is 0. The average Bonchev–Trinajstić information content (AvgIpc) is 2.61. The van der Waals surface area contributed by atoms with E-state index in [0.29, 0.717) is 12.2 Å². The number of nitrogens with one attached hydrogen (secondary N) is 1. The van der Waals surface area contributed by atoms with E-state index in [0.717, 1.165) is 11.0 Å². The Morgan fingerprint density at radius 1 is 1.53 bits per heavy atom. The number of benzene rings is 1. The van der Waals surface area contributed by atoms with Gasteiger partial charge in [0.2, 0.25) is 0 Å². The SMILES string of the molecule is CCC(C(=O)O)c1nc2ccccc2[nH]1. The Hall–Kier alpha value is -1.84. The number of H-pyrrole nitrogens is 1. The fourth-order valence-corrected chi connectivity index (χ4v) is 1.62. The Labute approximate surface area is 87.0 Å². The van der Waals surface area contributed by atoms with Gasteiger partial charge in [0.05, 0.1) is 11.0 Å². The Balaban J connectivity index is 2.47. The maximum absolute atomic E-state index is 10.9. The zero-order valence-electron chi connectivity index (χ0n) is 8.40. The van der Waals surface area contributed by atoms with Gasteiger partial charge in [-0.25, -0.2) is 4.98 Å². The molecule has 0 amide bonds. The van der Waals surface area contributed by atoms with Crippen LogP contribution in [0.25, 0.3) is 11.0 Å². The quantitative estimate of drug-likeness (QED) is 0.804. The fraction of sp³-hybridized carbons (Fsp3) is 0.273. The number of imidazole rings is 1. The Kier molecular flexibility index (Phi) is 2.41. The number of aliphatic carboxylic acids is 1. The molecule has 1 atom stereocenters. The second kappa shape index (κ2) is 3.73. The van der Waals surface area contributed by atoms with E-state index in [1.165, 1.54) is 0 Å². The van der Waals surface area contributed by atoms with Crippen molar-refractivity contribution in [1.82, 2.24) is 9.97 Å². The molecule has 0 spiro atoms. The molecule has 0 radical (unpaired) electrons. The molecule has 0 fully saturated rings. The molecule has 0 aliphatic heterocycles. The Morgan fingerprint density at radius 2 is 2.27 bits per heavy atom. The van der Waals surface area contributed by atoms with E-state index in [9.17, 15) is 4.79 Å². The second-order valence-electron chi connectivity index (χ2n) is 3.44. The van der Waals surface area contributed by atoms with Gasteiger partial charge in [-0.3, -0.25) is 4.79 Å². The zero-order chi connectivity index (χ0) is 10.8. The van der Waals surface area contributed by atoms with Crippen LogP contribution in [0.15, 0.2) is 24.3 Å². The highest BCUT2D eigenvalue weighted by Crippen LogP contribution is 2.20. The summed E-state index contributed by atoms with van der Waals surface area (Å²) in [5.41, 5.74) is 1.69. The van der Waals surface area contributed by atoms with E-state index in [4.69, 9.17) is 5.11 Å². The van der Waals surface area contributed by atoms with Gasteiger partial charge in [0.25, 0.3) is 0 Å². The van der Waals surface area contributed by atoms with Crippen molar-refractivity contribution in [2.75, 3.05) is 0 Å². The lowest BCUT2D eigenvalue weighted by molar-refractivity contribution is -0.139. The van der Waals surface area contributed by atoms with Crippen LogP contribution in [0, 0.1) is 0 Å². The predicted molar refractivity (Wildman–Crippen MR) is 56.8 cm³/mol. The van der Waals surface area contributed by atoms with Gasteiger partial charge in [-0.05, 0) is 18.6 Å². The van der Waals surface area contributed by atoms with E-state index >= 15 is 0 Å². The molecule has 15 heavy (non-hydrogen) atoms. The van der Waals surface area contributed by atoms with Crippen molar-refractivity contribution >= 4 is 17.0 Å². The van der Waals surface area contributed by atoms with E-state index in [1.807, 2.05) is 31.2 Å². The summed E-state index contributed by atoms with van der Waals surface area (Å²) in [6, 6.07) is 7.53. The third-order valence-electron chi connectivity index (χ3n) is 2.44. The molecule has 0 bridgehead atoms. The number of carboxylic acid groups (broad SMARTS) is 1. The standard InChI is InChI=1S/C11H12N2O2/c1-2-7(11(14)15)10-12-8-5-3-4-6-9(8)13-10/h3-7H,2H2,1H3,(H,12,13)(H,14,15). The molecule has 0 aliphatic carbocycles. The molecule has 1 unspecified atom stereocenters. The van der Waals surface area contributed by atoms with Crippen LogP contribution in [-0.2, 0) is 4.79 Å². The summed E-state index contributed by atoms with van der Waals surface area (Å²) >= 11 is 0. The van der Waals surface area contributed by atoms with Crippen LogP contribution < -0.4 is 0 Å². The van der Waals surface area contributed by atoms with Crippen LogP contribution in [0.5, 0.6) is 0 Å². The molecular formula is C11H12N2O2. The van der Waals surface area contributed by atoms with Gasteiger partial charge in [-0.2, -0.15) is 0 Å². The van der Waals surface area contributed by atoms with E-state index < -0.39 is 11.9 Å². The van der Waals surface area contributed by atoms with Gasteiger partial charge < -0.3 is 10.1 Å². The smallest absolute Gasteiger partial charge is 0.314 e. The van der Waals surface area contributed by atoms with E-state index in [2.05, 4.69) is 9.97 Å². The highest BCUT2D eigenvalue weighted by Gasteiger charge is 2.20. The minimum absolute atomic E-state index is 0.534. The summed E-state index contributed by atoms with van der Waals surface area (Å²) in [4.78, 5) is 18.3. The van der Waals surface area contributed by atoms with Gasteiger partial charge in [-0.1, -0.05) is 19.1 Å². The van der Waals surface area contributed by atoms with Crippen LogP contribution in [0.4, 0.5) is 0 Å². The molecule has 1 heterocycles. The molecule has 2 rings (SSSR count). The molecule has 0 saturated carbocycles. The van der Waals surface area contributed by atoms with Crippen LogP contribution >= 0.6 is 0 Å². The molecular weight excluding hydrogens is 192 g/mol. The number of aromatic nitrogens is 2. The van der Waals surface area contributed by atoms with Gasteiger partial charge >= 0.3 is 5.97 Å². The zero-order valence-corrected chi connectivity index (χ0v) is 8.40. The number of fused-ring (bicyclic) bond motifs is 1. The predicted octanol–water partition coefficient (Wildman–Crippen LogP) is 2.14. The summed E-state index contributed by atoms with van der Waals surface area (Å²) in [7, 11) is 0. The fourth-order valence-electron chi connectivity index (χ4n) is 1.62. The number of aromatic amines is 1. The van der Waals surface area contributed by atoms with Gasteiger partial charge in [0.15, 0.2) is 0 Å². The van der Waals surface area contributed by atoms with Crippen molar-refractivity contribution in [3.05, 3.63) is 30.1 Å². The lowest BCUT2D eigenvalue weighted by Crippen LogP contribution is -2.11. The van der Waals surface area contributed by atoms with Crippen molar-refractivity contribution in [1.29, 1.82) is 0 Å². The highest BCUT2D eigenvalue weighted by molar-refractivity contribution is 5.79. The Bertz CT molecular complexity index is 457. The van der Waals surface area contributed by atoms with Crippen molar-refractivity contribution in [3.8, 4) is 0 Å². The topological polar surface area (TPSA) is 66.0 Å². The Morgan fingerprint density at radius 3 is 2.87 bits per heavy atom. The summed E-state index contributed by atoms with van der Waals surface area (Å²) in [6.45, 7) is 1.84. The number of hydrogen-bond acceptors (Lipinski definition) is 2. The summed E-state index contributed by atoms with van der Waals surface area (Å²) in [5, 5.41) is 8.99. The minimum Gasteiger partial charge on any atom is -0.481 e. The number of hydrogen-bond donors (Lipinski definition) is 2. The number of carboxylic acids is 1. The molecule has 4 nitrogen and oxygen atoms in total. The minimum atomic E-state index is -0.837. The third-order valence-corrected chi connectivity index (χ3v) is 2.44. The maximum atomic E-state index is 10.9. The lowest BCUT2D eigenvalue weighted by Gasteiger charge is -2.04. The molecule has 0 aliphatic rings. The summed E-state index contributed by atoms with van der Waals surface area (Å²) in [5.74, 6) is -0.847. The van der Waals surface area contributed by atoms with E-state index in [1.54, 1.807) is 0 Å². The third kappa shape index (κ3) is 1.70. The lowest BCUT2D eigenvalue weighted by atomic mass is 10.1. The first-order valence-corrected chi connectivity index (χ1v) is 4.90. The average molecular weight is 204 g/mol. The number of rotatable bonds is 3. The van der Waals surface area contributed by atoms with Gasteiger partial charge in [0, 0.05) is 0 Å². The first kappa shape index (κ1) is 9.71. The van der Waals surface area contributed by atoms with Gasteiger partial charge in [-0.15, -0.1) is 0 Å². The number of para-hydroxylation sites is 2. The van der Waals surface area contributed by atoms with Crippen LogP contribution in [-0.4, -0.2) is 21.0 Å². The molecule has 0 saturated heterocycles. The largest absolute Gasteiger partial charge is 0.481 e. The van der Waals surface area contributed by atoms with Crippen LogP contribution in [0.2, 0.25) is 0 Å². The van der Waals surface area contributed by atoms with Crippen molar-refractivity contribution < 1.29 is 9.90 Å². The molecule has 4 heteroatoms. The van der Waals surface area contributed by atoms with E-state index in [-0.39, 0.29) is 0 Å². The van der Waals surface area contributed by atoms with Crippen LogP contribution in [0.1, 0.15) is 25.1 Å². The van der Waals surface area contributed by atoms with Crippen molar-refractivity contribution in [2.24, 2.45) is 0 Å². The number of carbonyl (C=O) groups is 1. The monoisotopic (exact) mass is 204 g/mol. The molecule has 1 aromatic heterocycles. The van der Waals surface area contributed by atoms with Gasteiger partial charge in [0.1, 0.15) is 11.7 Å². The van der Waals surface area contributed by atoms with Crippen molar-refractivity contribution in [3.63, 3.8) is 0 Å². The first-order valence-electron chi connectivity index (χ1n) is 4.90. The normalized spacial score (nSPS) is 12.9. The molecule has 2 aromatic rings. The van der Waals surface area contributed by atoms with Crippen LogP contribution in [0.3, 0.4) is 0 Å². The molecule has 1 aromatic carbocycles. The number of nitrogens with zero attached hydrogens (tertiary/aromatic N) is 1. The molecule has 2 N–H and O–H groups in total.